The molecule has 0 saturated carbocycles. The third kappa shape index (κ3) is 5.67. The molecule has 1 aliphatic heterocycles. The highest BCUT2D eigenvalue weighted by Crippen LogP contribution is 2.36. The number of hydrogen-bond acceptors (Lipinski definition) is 7. The Kier molecular flexibility index (Phi) is 7.37. The number of rotatable bonds is 8. The molecule has 2 aromatic carbocycles. The Balaban J connectivity index is 1.51. The summed E-state index contributed by atoms with van der Waals surface area (Å²) in [6.07, 6.45) is 0.741. The summed E-state index contributed by atoms with van der Waals surface area (Å²) >= 11 is 0. The molecular weight excluding hydrogens is 497 g/mol. The van der Waals surface area contributed by atoms with E-state index in [1.165, 1.54) is 18.2 Å². The van der Waals surface area contributed by atoms with Gasteiger partial charge in [0.1, 0.15) is 18.1 Å². The second-order valence-corrected chi connectivity index (χ2v) is 9.25. The van der Waals surface area contributed by atoms with Crippen LogP contribution in [0, 0.1) is 0 Å². The molecule has 8 nitrogen and oxygen atoms in total. The molecular formula is C27H29F3N6O2. The summed E-state index contributed by atoms with van der Waals surface area (Å²) in [5, 5.41) is 9.03. The van der Waals surface area contributed by atoms with E-state index >= 15 is 0 Å². The summed E-state index contributed by atoms with van der Waals surface area (Å²) in [4.78, 5) is 9.07. The normalized spacial score (nSPS) is 16.5. The van der Waals surface area contributed by atoms with E-state index in [1.807, 2.05) is 37.4 Å². The Morgan fingerprint density at radius 2 is 1.92 bits per heavy atom. The van der Waals surface area contributed by atoms with E-state index in [0.717, 1.165) is 38.0 Å². The molecule has 5 rings (SSSR count). The number of fused-ring (bicyclic) bond motifs is 1. The van der Waals surface area contributed by atoms with Gasteiger partial charge in [0.2, 0.25) is 0 Å². The van der Waals surface area contributed by atoms with Crippen molar-refractivity contribution in [3.05, 3.63) is 66.5 Å². The molecule has 38 heavy (non-hydrogen) atoms. The highest BCUT2D eigenvalue weighted by atomic mass is 19.4. The second-order valence-electron chi connectivity index (χ2n) is 9.25. The first-order valence-corrected chi connectivity index (χ1v) is 12.5. The summed E-state index contributed by atoms with van der Waals surface area (Å²) in [5.41, 5.74) is 1.94. The number of nitrogens with zero attached hydrogens (tertiary/aromatic N) is 6. The van der Waals surface area contributed by atoms with Crippen LogP contribution in [0.1, 0.15) is 25.3 Å². The van der Waals surface area contributed by atoms with Crippen LogP contribution in [0.15, 0.2) is 60.9 Å². The van der Waals surface area contributed by atoms with Crippen LogP contribution < -0.4 is 14.4 Å². The maximum Gasteiger partial charge on any atom is 0.573 e. The molecule has 200 valence electrons. The summed E-state index contributed by atoms with van der Waals surface area (Å²) < 4.78 is 50.7. The van der Waals surface area contributed by atoms with Gasteiger partial charge in [-0.15, -0.1) is 23.4 Å². The summed E-state index contributed by atoms with van der Waals surface area (Å²) in [6, 6.07) is 13.6. The number of alkyl halides is 3. The second kappa shape index (κ2) is 10.9. The van der Waals surface area contributed by atoms with Gasteiger partial charge in [-0.05, 0) is 43.6 Å². The number of likely N-dealkylation sites (tertiary alicyclic amines) is 1. The van der Waals surface area contributed by atoms with E-state index < -0.39 is 6.36 Å². The predicted octanol–water partition coefficient (Wildman–Crippen LogP) is 5.19. The molecule has 1 unspecified atom stereocenters. The standard InChI is InChI=1S/C27H29F3N6O2/c1-3-35-14-7-10-20(17-35)34(2)26-25-31-13-15-36(25)24(32-33-26)22-12-11-21(38-27(28,29)30)16-23(22)37-18-19-8-5-4-6-9-19/h4-6,8-9,11-13,15-16,20H,3,7,10,14,17-18H2,1-2H3. The van der Waals surface area contributed by atoms with Crippen molar-refractivity contribution in [2.75, 3.05) is 31.6 Å². The Bertz CT molecular complexity index is 1380. The minimum atomic E-state index is -4.83. The minimum Gasteiger partial charge on any atom is -0.488 e. The topological polar surface area (TPSA) is 68.0 Å². The van der Waals surface area contributed by atoms with E-state index in [2.05, 4.69) is 36.6 Å². The van der Waals surface area contributed by atoms with E-state index in [1.54, 1.807) is 16.8 Å². The highest BCUT2D eigenvalue weighted by Gasteiger charge is 2.32. The number of imidazole rings is 1. The minimum absolute atomic E-state index is 0.153. The molecule has 0 spiro atoms. The van der Waals surface area contributed by atoms with Crippen molar-refractivity contribution in [2.24, 2.45) is 0 Å². The Labute approximate surface area is 218 Å². The van der Waals surface area contributed by atoms with Crippen LogP contribution in [0.25, 0.3) is 17.0 Å². The molecule has 0 aliphatic carbocycles. The maximum atomic E-state index is 12.9. The van der Waals surface area contributed by atoms with Gasteiger partial charge in [-0.3, -0.25) is 4.40 Å². The van der Waals surface area contributed by atoms with Gasteiger partial charge in [0.25, 0.3) is 0 Å². The number of benzene rings is 2. The maximum absolute atomic E-state index is 12.9. The van der Waals surface area contributed by atoms with Gasteiger partial charge < -0.3 is 19.3 Å². The third-order valence-electron chi connectivity index (χ3n) is 6.78. The number of aromatic nitrogens is 4. The number of hydrogen-bond donors (Lipinski definition) is 0. The van der Waals surface area contributed by atoms with Crippen LogP contribution in [0.5, 0.6) is 11.5 Å². The zero-order valence-electron chi connectivity index (χ0n) is 21.2. The predicted molar refractivity (Wildman–Crippen MR) is 137 cm³/mol. The third-order valence-corrected chi connectivity index (χ3v) is 6.78. The fourth-order valence-corrected chi connectivity index (χ4v) is 4.79. The average molecular weight is 527 g/mol. The van der Waals surface area contributed by atoms with Gasteiger partial charge in [0.05, 0.1) is 5.56 Å². The molecule has 0 amide bonds. The van der Waals surface area contributed by atoms with Crippen LogP contribution in [0.3, 0.4) is 0 Å². The van der Waals surface area contributed by atoms with Crippen molar-refractivity contribution in [2.45, 2.75) is 38.8 Å². The van der Waals surface area contributed by atoms with Gasteiger partial charge in [0.15, 0.2) is 17.3 Å². The Morgan fingerprint density at radius 3 is 2.68 bits per heavy atom. The van der Waals surface area contributed by atoms with Crippen LogP contribution in [0.4, 0.5) is 19.0 Å². The lowest BCUT2D eigenvalue weighted by atomic mass is 10.0. The molecule has 11 heteroatoms. The van der Waals surface area contributed by atoms with E-state index in [4.69, 9.17) is 4.74 Å². The largest absolute Gasteiger partial charge is 0.573 e. The molecule has 0 bridgehead atoms. The lowest BCUT2D eigenvalue weighted by Crippen LogP contribution is -2.46. The first-order chi connectivity index (χ1) is 18.3. The molecule has 4 aromatic rings. The molecule has 0 radical (unpaired) electrons. The monoisotopic (exact) mass is 526 g/mol. The van der Waals surface area contributed by atoms with E-state index in [-0.39, 0.29) is 24.1 Å². The van der Waals surface area contributed by atoms with Crippen molar-refractivity contribution >= 4 is 11.5 Å². The first-order valence-electron chi connectivity index (χ1n) is 12.5. The first kappa shape index (κ1) is 25.8. The SMILES string of the molecule is CCN1CCCC(N(C)c2nnc(-c3ccc(OC(F)(F)F)cc3OCc3ccccc3)n3ccnc23)C1. The number of halogens is 3. The van der Waals surface area contributed by atoms with Crippen molar-refractivity contribution < 1.29 is 22.6 Å². The number of anilines is 1. The quantitative estimate of drug-likeness (QED) is 0.313. The molecule has 1 aliphatic rings. The Morgan fingerprint density at radius 1 is 1.11 bits per heavy atom. The van der Waals surface area contributed by atoms with Gasteiger partial charge in [-0.2, -0.15) is 0 Å². The van der Waals surface area contributed by atoms with Gasteiger partial charge in [0, 0.05) is 38.1 Å². The van der Waals surface area contributed by atoms with Crippen molar-refractivity contribution in [3.8, 4) is 22.9 Å². The molecule has 1 fully saturated rings. The zero-order chi connectivity index (χ0) is 26.7. The lowest BCUT2D eigenvalue weighted by Gasteiger charge is -2.37. The van der Waals surface area contributed by atoms with Crippen molar-refractivity contribution in [1.82, 2.24) is 24.5 Å². The molecule has 1 atom stereocenters. The number of likely N-dealkylation sites (N-methyl/N-ethyl adjacent to an activating group) is 2. The summed E-state index contributed by atoms with van der Waals surface area (Å²) in [7, 11) is 2.00. The fourth-order valence-electron chi connectivity index (χ4n) is 4.79. The zero-order valence-corrected chi connectivity index (χ0v) is 21.2. The molecule has 3 heterocycles. The smallest absolute Gasteiger partial charge is 0.488 e. The van der Waals surface area contributed by atoms with Crippen LogP contribution in [-0.2, 0) is 6.61 Å². The molecule has 1 saturated heterocycles. The van der Waals surface area contributed by atoms with E-state index in [0.29, 0.717) is 22.9 Å². The highest BCUT2D eigenvalue weighted by molar-refractivity contribution is 5.72. The molecule has 0 N–H and O–H groups in total. The average Bonchev–Trinajstić information content (AvgIpc) is 3.41. The summed E-state index contributed by atoms with van der Waals surface area (Å²) in [6.45, 7) is 5.32. The van der Waals surface area contributed by atoms with Crippen molar-refractivity contribution in [3.63, 3.8) is 0 Å². The number of ether oxygens (including phenoxy) is 2. The van der Waals surface area contributed by atoms with Crippen LogP contribution in [-0.4, -0.2) is 63.6 Å². The Hall–Kier alpha value is -3.86. The number of piperidine rings is 1. The fraction of sp³-hybridized carbons (Fsp3) is 0.370. The van der Waals surface area contributed by atoms with Crippen LogP contribution in [0.2, 0.25) is 0 Å². The molecule has 2 aromatic heterocycles. The van der Waals surface area contributed by atoms with Crippen molar-refractivity contribution in [1.29, 1.82) is 0 Å². The van der Waals surface area contributed by atoms with Gasteiger partial charge >= 0.3 is 6.36 Å². The van der Waals surface area contributed by atoms with Crippen LogP contribution >= 0.6 is 0 Å². The van der Waals surface area contributed by atoms with E-state index in [9.17, 15) is 13.2 Å². The van der Waals surface area contributed by atoms with Gasteiger partial charge in [-0.25, -0.2) is 4.98 Å². The lowest BCUT2D eigenvalue weighted by molar-refractivity contribution is -0.274. The summed E-state index contributed by atoms with van der Waals surface area (Å²) in [5.74, 6) is 0.848. The van der Waals surface area contributed by atoms with Gasteiger partial charge in [-0.1, -0.05) is 37.3 Å².